The predicted molar refractivity (Wildman–Crippen MR) is 74.5 cm³/mol. The van der Waals surface area contributed by atoms with E-state index in [0.717, 1.165) is 33.3 Å². The van der Waals surface area contributed by atoms with Gasteiger partial charge in [0.15, 0.2) is 0 Å². The van der Waals surface area contributed by atoms with Gasteiger partial charge in [0, 0.05) is 24.1 Å². The lowest BCUT2D eigenvalue weighted by atomic mass is 10.1. The summed E-state index contributed by atoms with van der Waals surface area (Å²) in [5, 5.41) is 4.63. The first-order valence-corrected chi connectivity index (χ1v) is 7.00. The fraction of sp³-hybridized carbons (Fsp3) is 0.429. The van der Waals surface area contributed by atoms with Crippen LogP contribution in [0.15, 0.2) is 27.1 Å². The van der Waals surface area contributed by atoms with Gasteiger partial charge in [-0.15, -0.1) is 0 Å². The molecular weight excluding hydrogens is 294 g/mol. The highest BCUT2D eigenvalue weighted by molar-refractivity contribution is 9.10. The van der Waals surface area contributed by atoms with Gasteiger partial charge in [0.05, 0.1) is 17.6 Å². The maximum Gasteiger partial charge on any atom is 0.148 e. The van der Waals surface area contributed by atoms with Crippen molar-refractivity contribution in [2.24, 2.45) is 0 Å². The molecule has 1 aromatic carbocycles. The van der Waals surface area contributed by atoms with Crippen molar-refractivity contribution in [1.82, 2.24) is 5.32 Å². The number of hydrogen-bond acceptors (Lipinski definition) is 3. The van der Waals surface area contributed by atoms with E-state index in [1.165, 1.54) is 12.8 Å². The standard InChI is InChI=1S/C14H16BrNO2/c1-17-8-11-10-3-2-4-12(15)14(10)18-13(11)7-16-9-5-6-9/h2-4,9,16H,5-8H2,1H3. The molecule has 1 aliphatic carbocycles. The van der Waals surface area contributed by atoms with E-state index in [2.05, 4.69) is 27.3 Å². The lowest BCUT2D eigenvalue weighted by molar-refractivity contribution is 0.183. The molecule has 0 radical (unpaired) electrons. The maximum atomic E-state index is 5.97. The van der Waals surface area contributed by atoms with Crippen molar-refractivity contribution in [3.05, 3.63) is 34.0 Å². The molecule has 2 aromatic rings. The lowest BCUT2D eigenvalue weighted by Crippen LogP contribution is -2.15. The Hall–Kier alpha value is -0.840. The SMILES string of the molecule is COCc1c(CNC2CC2)oc2c(Br)cccc12. The Morgan fingerprint density at radius 3 is 3.00 bits per heavy atom. The molecule has 3 rings (SSSR count). The lowest BCUT2D eigenvalue weighted by Gasteiger charge is -2.03. The molecule has 1 aromatic heterocycles. The molecule has 0 saturated heterocycles. The third-order valence-electron chi connectivity index (χ3n) is 3.27. The first-order chi connectivity index (χ1) is 8.79. The molecule has 4 heteroatoms. The molecule has 1 saturated carbocycles. The van der Waals surface area contributed by atoms with Crippen LogP contribution >= 0.6 is 15.9 Å². The highest BCUT2D eigenvalue weighted by Gasteiger charge is 2.22. The zero-order valence-electron chi connectivity index (χ0n) is 10.3. The van der Waals surface area contributed by atoms with Crippen LogP contribution in [0.25, 0.3) is 11.0 Å². The second kappa shape index (κ2) is 5.03. The first-order valence-electron chi connectivity index (χ1n) is 6.20. The van der Waals surface area contributed by atoms with Gasteiger partial charge in [-0.1, -0.05) is 12.1 Å². The summed E-state index contributed by atoms with van der Waals surface area (Å²) in [4.78, 5) is 0. The quantitative estimate of drug-likeness (QED) is 0.916. The highest BCUT2D eigenvalue weighted by atomic mass is 79.9. The normalized spacial score (nSPS) is 15.4. The van der Waals surface area contributed by atoms with Crippen LogP contribution in [0.1, 0.15) is 24.2 Å². The number of nitrogens with one attached hydrogen (secondary N) is 1. The van der Waals surface area contributed by atoms with Gasteiger partial charge in [-0.05, 0) is 34.8 Å². The molecule has 0 bridgehead atoms. The van der Waals surface area contributed by atoms with E-state index in [1.807, 2.05) is 12.1 Å². The molecule has 3 nitrogen and oxygen atoms in total. The summed E-state index contributed by atoms with van der Waals surface area (Å²) in [6, 6.07) is 6.79. The Morgan fingerprint density at radius 2 is 2.28 bits per heavy atom. The number of rotatable bonds is 5. The molecule has 1 heterocycles. The minimum Gasteiger partial charge on any atom is -0.458 e. The number of halogens is 1. The molecule has 0 spiro atoms. The Balaban J connectivity index is 1.98. The Labute approximate surface area is 115 Å². The summed E-state index contributed by atoms with van der Waals surface area (Å²) in [6.07, 6.45) is 2.56. The van der Waals surface area contributed by atoms with Gasteiger partial charge in [-0.2, -0.15) is 0 Å². The van der Waals surface area contributed by atoms with Crippen molar-refractivity contribution in [1.29, 1.82) is 0 Å². The van der Waals surface area contributed by atoms with Crippen molar-refractivity contribution in [2.45, 2.75) is 32.0 Å². The first kappa shape index (κ1) is 12.2. The third-order valence-corrected chi connectivity index (χ3v) is 3.90. The monoisotopic (exact) mass is 309 g/mol. The van der Waals surface area contributed by atoms with Crippen molar-refractivity contribution >= 4 is 26.9 Å². The maximum absolute atomic E-state index is 5.97. The van der Waals surface area contributed by atoms with Crippen molar-refractivity contribution < 1.29 is 9.15 Å². The number of hydrogen-bond donors (Lipinski definition) is 1. The minimum atomic E-state index is 0.588. The molecule has 18 heavy (non-hydrogen) atoms. The minimum absolute atomic E-state index is 0.588. The predicted octanol–water partition coefficient (Wildman–Crippen LogP) is 3.59. The van der Waals surface area contributed by atoms with Gasteiger partial charge in [-0.25, -0.2) is 0 Å². The summed E-state index contributed by atoms with van der Waals surface area (Å²) in [5.41, 5.74) is 2.07. The van der Waals surface area contributed by atoms with Crippen LogP contribution in [-0.4, -0.2) is 13.2 Å². The summed E-state index contributed by atoms with van der Waals surface area (Å²) < 4.78 is 12.3. The zero-order chi connectivity index (χ0) is 12.5. The second-order valence-electron chi connectivity index (χ2n) is 4.71. The number of ether oxygens (including phenoxy) is 1. The molecule has 1 aliphatic rings. The Morgan fingerprint density at radius 1 is 1.44 bits per heavy atom. The Bertz CT molecular complexity index is 560. The molecule has 0 atom stereocenters. The topological polar surface area (TPSA) is 34.4 Å². The average Bonchev–Trinajstić information content (AvgIpc) is 3.12. The van der Waals surface area contributed by atoms with Crippen LogP contribution in [0.2, 0.25) is 0 Å². The van der Waals surface area contributed by atoms with Gasteiger partial charge < -0.3 is 14.5 Å². The van der Waals surface area contributed by atoms with E-state index in [1.54, 1.807) is 7.11 Å². The van der Waals surface area contributed by atoms with Gasteiger partial charge in [0.2, 0.25) is 0 Å². The van der Waals surface area contributed by atoms with Gasteiger partial charge in [0.25, 0.3) is 0 Å². The van der Waals surface area contributed by atoms with E-state index in [0.29, 0.717) is 12.6 Å². The fourth-order valence-electron chi connectivity index (χ4n) is 2.16. The van der Waals surface area contributed by atoms with Crippen molar-refractivity contribution in [3.8, 4) is 0 Å². The molecule has 0 aliphatic heterocycles. The number of fused-ring (bicyclic) bond motifs is 1. The summed E-state index contributed by atoms with van der Waals surface area (Å²) in [5.74, 6) is 0.991. The Kier molecular flexibility index (Phi) is 3.41. The van der Waals surface area contributed by atoms with Crippen LogP contribution in [0, 0.1) is 0 Å². The van der Waals surface area contributed by atoms with Crippen LogP contribution in [0.4, 0.5) is 0 Å². The zero-order valence-corrected chi connectivity index (χ0v) is 11.9. The van der Waals surface area contributed by atoms with E-state index in [4.69, 9.17) is 9.15 Å². The van der Waals surface area contributed by atoms with Crippen molar-refractivity contribution in [2.75, 3.05) is 7.11 Å². The van der Waals surface area contributed by atoms with Crippen LogP contribution < -0.4 is 5.32 Å². The smallest absolute Gasteiger partial charge is 0.148 e. The van der Waals surface area contributed by atoms with Crippen LogP contribution in [0.5, 0.6) is 0 Å². The molecule has 1 fully saturated rings. The highest BCUT2D eigenvalue weighted by Crippen LogP contribution is 2.32. The molecule has 0 amide bonds. The van der Waals surface area contributed by atoms with Crippen LogP contribution in [-0.2, 0) is 17.9 Å². The number of para-hydroxylation sites is 1. The largest absolute Gasteiger partial charge is 0.458 e. The molecule has 0 unspecified atom stereocenters. The van der Waals surface area contributed by atoms with Gasteiger partial charge in [-0.3, -0.25) is 0 Å². The van der Waals surface area contributed by atoms with E-state index >= 15 is 0 Å². The van der Waals surface area contributed by atoms with E-state index in [9.17, 15) is 0 Å². The second-order valence-corrected chi connectivity index (χ2v) is 5.56. The van der Waals surface area contributed by atoms with Gasteiger partial charge >= 0.3 is 0 Å². The fourth-order valence-corrected chi connectivity index (χ4v) is 2.60. The van der Waals surface area contributed by atoms with E-state index < -0.39 is 0 Å². The van der Waals surface area contributed by atoms with Crippen molar-refractivity contribution in [3.63, 3.8) is 0 Å². The molecule has 96 valence electrons. The number of benzene rings is 1. The van der Waals surface area contributed by atoms with Gasteiger partial charge in [0.1, 0.15) is 11.3 Å². The summed E-state index contributed by atoms with van der Waals surface area (Å²) >= 11 is 3.53. The molecule has 1 N–H and O–H groups in total. The summed E-state index contributed by atoms with van der Waals surface area (Å²) in [7, 11) is 1.72. The van der Waals surface area contributed by atoms with Crippen LogP contribution in [0.3, 0.4) is 0 Å². The summed E-state index contributed by atoms with van der Waals surface area (Å²) in [6.45, 7) is 1.37. The molecular formula is C14H16BrNO2. The van der Waals surface area contributed by atoms with E-state index in [-0.39, 0.29) is 0 Å². The number of methoxy groups -OCH3 is 1. The average molecular weight is 310 g/mol. The third kappa shape index (κ3) is 2.32. The number of furan rings is 1.